The molecule has 0 aromatic rings. The van der Waals surface area contributed by atoms with E-state index < -0.39 is 11.4 Å². The zero-order valence-electron chi connectivity index (χ0n) is 13.3. The summed E-state index contributed by atoms with van der Waals surface area (Å²) in [4.78, 5) is 26.5. The van der Waals surface area contributed by atoms with Gasteiger partial charge in [0.2, 0.25) is 5.91 Å². The van der Waals surface area contributed by atoms with E-state index in [2.05, 4.69) is 12.2 Å². The molecule has 0 bridgehead atoms. The highest BCUT2D eigenvalue weighted by atomic mass is 16.4. The smallest absolute Gasteiger partial charge is 0.311 e. The minimum absolute atomic E-state index is 0.163. The number of carboxylic acid groups (broad SMARTS) is 1. The topological polar surface area (TPSA) is 69.6 Å². The Morgan fingerprint density at radius 1 is 1.14 bits per heavy atom. The fraction of sp³-hybridized carbons (Fsp3) is 0.875. The molecule has 5 nitrogen and oxygen atoms in total. The van der Waals surface area contributed by atoms with Gasteiger partial charge in [0.25, 0.3) is 0 Å². The van der Waals surface area contributed by atoms with Crippen LogP contribution in [0.15, 0.2) is 0 Å². The fourth-order valence-electron chi connectivity index (χ4n) is 3.86. The first kappa shape index (κ1) is 16.3. The SMILES string of the molecule is CCC1(C(=O)O)CCCN(C(=O)C2(CC)CCCNC2)C1. The first-order valence-electron chi connectivity index (χ1n) is 8.23. The minimum atomic E-state index is -0.755. The third-order valence-electron chi connectivity index (χ3n) is 5.60. The molecule has 0 radical (unpaired) electrons. The molecule has 2 rings (SSSR count). The summed E-state index contributed by atoms with van der Waals surface area (Å²) in [6.45, 7) is 6.77. The predicted octanol–water partition coefficient (Wildman–Crippen LogP) is 1.87. The number of hydrogen-bond donors (Lipinski definition) is 2. The van der Waals surface area contributed by atoms with Gasteiger partial charge >= 0.3 is 5.97 Å². The Bertz CT molecular complexity index is 404. The minimum Gasteiger partial charge on any atom is -0.481 e. The maximum absolute atomic E-state index is 13.0. The molecular formula is C16H28N2O3. The first-order valence-corrected chi connectivity index (χ1v) is 8.23. The maximum atomic E-state index is 13.0. The van der Waals surface area contributed by atoms with E-state index in [4.69, 9.17) is 0 Å². The number of carbonyl (C=O) groups excluding carboxylic acids is 1. The summed E-state index contributed by atoms with van der Waals surface area (Å²) in [7, 11) is 0. The van der Waals surface area contributed by atoms with Gasteiger partial charge in [-0.05, 0) is 45.1 Å². The lowest BCUT2D eigenvalue weighted by Crippen LogP contribution is -2.56. The van der Waals surface area contributed by atoms with Crippen molar-refractivity contribution in [3.05, 3.63) is 0 Å². The zero-order chi connectivity index (χ0) is 15.5. The van der Waals surface area contributed by atoms with E-state index >= 15 is 0 Å². The van der Waals surface area contributed by atoms with E-state index in [-0.39, 0.29) is 11.3 Å². The van der Waals surface area contributed by atoms with Crippen LogP contribution in [0.2, 0.25) is 0 Å². The molecule has 2 atom stereocenters. The average Bonchev–Trinajstić information content (AvgIpc) is 2.54. The number of aliphatic carboxylic acids is 1. The molecule has 2 unspecified atom stereocenters. The molecule has 0 aliphatic carbocycles. The number of likely N-dealkylation sites (tertiary alicyclic amines) is 1. The van der Waals surface area contributed by atoms with Crippen LogP contribution in [0.1, 0.15) is 52.4 Å². The lowest BCUT2D eigenvalue weighted by Gasteiger charge is -2.45. The lowest BCUT2D eigenvalue weighted by atomic mass is 9.74. The fourth-order valence-corrected chi connectivity index (χ4v) is 3.86. The van der Waals surface area contributed by atoms with Crippen LogP contribution in [-0.4, -0.2) is 48.1 Å². The Morgan fingerprint density at radius 2 is 1.81 bits per heavy atom. The molecule has 0 spiro atoms. The van der Waals surface area contributed by atoms with Crippen molar-refractivity contribution in [3.63, 3.8) is 0 Å². The Balaban J connectivity index is 2.16. The van der Waals surface area contributed by atoms with Gasteiger partial charge in [-0.25, -0.2) is 0 Å². The van der Waals surface area contributed by atoms with Crippen LogP contribution in [0.25, 0.3) is 0 Å². The van der Waals surface area contributed by atoms with Gasteiger partial charge in [-0.1, -0.05) is 13.8 Å². The quantitative estimate of drug-likeness (QED) is 0.831. The highest BCUT2D eigenvalue weighted by Gasteiger charge is 2.46. The van der Waals surface area contributed by atoms with Crippen molar-refractivity contribution in [1.29, 1.82) is 0 Å². The molecule has 0 saturated carbocycles. The van der Waals surface area contributed by atoms with Crippen molar-refractivity contribution in [2.45, 2.75) is 52.4 Å². The third-order valence-corrected chi connectivity index (χ3v) is 5.60. The molecule has 0 aromatic heterocycles. The van der Waals surface area contributed by atoms with Crippen molar-refractivity contribution < 1.29 is 14.7 Å². The van der Waals surface area contributed by atoms with Gasteiger partial charge in [0.1, 0.15) is 0 Å². The molecule has 2 heterocycles. The van der Waals surface area contributed by atoms with Gasteiger partial charge in [0, 0.05) is 19.6 Å². The summed E-state index contributed by atoms with van der Waals surface area (Å²) in [6.07, 6.45) is 4.81. The molecule has 0 aromatic carbocycles. The summed E-state index contributed by atoms with van der Waals surface area (Å²) in [5, 5.41) is 12.9. The second kappa shape index (κ2) is 6.34. The highest BCUT2D eigenvalue weighted by molar-refractivity contribution is 5.84. The molecule has 120 valence electrons. The predicted molar refractivity (Wildman–Crippen MR) is 81.0 cm³/mol. The first-order chi connectivity index (χ1) is 9.99. The molecule has 1 amide bonds. The van der Waals surface area contributed by atoms with Crippen molar-refractivity contribution in [3.8, 4) is 0 Å². The number of nitrogens with zero attached hydrogens (tertiary/aromatic N) is 1. The van der Waals surface area contributed by atoms with Crippen LogP contribution in [-0.2, 0) is 9.59 Å². The van der Waals surface area contributed by atoms with E-state index in [1.54, 1.807) is 0 Å². The van der Waals surface area contributed by atoms with Crippen molar-refractivity contribution in [2.75, 3.05) is 26.2 Å². The van der Waals surface area contributed by atoms with Crippen LogP contribution in [0.4, 0.5) is 0 Å². The number of nitrogens with one attached hydrogen (secondary N) is 1. The van der Waals surface area contributed by atoms with Crippen LogP contribution >= 0.6 is 0 Å². The lowest BCUT2D eigenvalue weighted by molar-refractivity contribution is -0.158. The van der Waals surface area contributed by atoms with Crippen LogP contribution < -0.4 is 5.32 Å². The number of rotatable bonds is 4. The number of piperidine rings is 2. The number of carbonyl (C=O) groups is 2. The third kappa shape index (κ3) is 2.93. The summed E-state index contributed by atoms with van der Waals surface area (Å²) in [6, 6.07) is 0. The second-order valence-corrected chi connectivity index (χ2v) is 6.68. The Labute approximate surface area is 127 Å². The Hall–Kier alpha value is -1.10. The van der Waals surface area contributed by atoms with E-state index in [0.717, 1.165) is 38.8 Å². The van der Waals surface area contributed by atoms with Gasteiger partial charge < -0.3 is 15.3 Å². The van der Waals surface area contributed by atoms with Gasteiger partial charge in [-0.3, -0.25) is 9.59 Å². The van der Waals surface area contributed by atoms with Crippen LogP contribution in [0.3, 0.4) is 0 Å². The molecule has 2 aliphatic heterocycles. The van der Waals surface area contributed by atoms with Crippen molar-refractivity contribution in [1.82, 2.24) is 10.2 Å². The molecule has 2 N–H and O–H groups in total. The molecule has 2 aliphatic rings. The summed E-state index contributed by atoms with van der Waals surface area (Å²) in [5.41, 5.74) is -1.07. The van der Waals surface area contributed by atoms with Gasteiger partial charge in [0.05, 0.1) is 10.8 Å². The molecule has 5 heteroatoms. The molecule has 21 heavy (non-hydrogen) atoms. The van der Waals surface area contributed by atoms with Crippen molar-refractivity contribution in [2.24, 2.45) is 10.8 Å². The molecule has 2 fully saturated rings. The van der Waals surface area contributed by atoms with Gasteiger partial charge in [-0.2, -0.15) is 0 Å². The summed E-state index contributed by atoms with van der Waals surface area (Å²) < 4.78 is 0. The van der Waals surface area contributed by atoms with Crippen LogP contribution in [0, 0.1) is 10.8 Å². The van der Waals surface area contributed by atoms with Crippen molar-refractivity contribution >= 4 is 11.9 Å². The Morgan fingerprint density at radius 3 is 2.33 bits per heavy atom. The maximum Gasteiger partial charge on any atom is 0.311 e. The summed E-state index contributed by atoms with van der Waals surface area (Å²) >= 11 is 0. The number of carboxylic acids is 1. The van der Waals surface area contributed by atoms with E-state index in [1.807, 2.05) is 11.8 Å². The second-order valence-electron chi connectivity index (χ2n) is 6.68. The number of hydrogen-bond acceptors (Lipinski definition) is 3. The van der Waals surface area contributed by atoms with Gasteiger partial charge in [0.15, 0.2) is 0 Å². The normalized spacial score (nSPS) is 33.7. The van der Waals surface area contributed by atoms with E-state index in [0.29, 0.717) is 25.9 Å². The molecule has 2 saturated heterocycles. The van der Waals surface area contributed by atoms with E-state index in [9.17, 15) is 14.7 Å². The van der Waals surface area contributed by atoms with Crippen LogP contribution in [0.5, 0.6) is 0 Å². The highest BCUT2D eigenvalue weighted by Crippen LogP contribution is 2.38. The van der Waals surface area contributed by atoms with Gasteiger partial charge in [-0.15, -0.1) is 0 Å². The standard InChI is InChI=1S/C16H28N2O3/c1-3-15(7-5-9-17-11-15)13(19)18-10-6-8-16(4-2,12-18)14(20)21/h17H,3-12H2,1-2H3,(H,20,21). The zero-order valence-corrected chi connectivity index (χ0v) is 13.3. The van der Waals surface area contributed by atoms with E-state index in [1.165, 1.54) is 0 Å². The average molecular weight is 296 g/mol. The molecular weight excluding hydrogens is 268 g/mol. The summed E-state index contributed by atoms with van der Waals surface area (Å²) in [5.74, 6) is -0.592. The number of amides is 1. The monoisotopic (exact) mass is 296 g/mol. The Kier molecular flexibility index (Phi) is 4.91. The largest absolute Gasteiger partial charge is 0.481 e.